The number of benzene rings is 4. The summed E-state index contributed by atoms with van der Waals surface area (Å²) in [5, 5.41) is 2.84. The molecule has 2 aliphatic heterocycles. The fourth-order valence-corrected chi connectivity index (χ4v) is 13.3. The number of fused-ring (bicyclic) bond motifs is 20. The van der Waals surface area contributed by atoms with Crippen LogP contribution in [0.1, 0.15) is 248 Å². The summed E-state index contributed by atoms with van der Waals surface area (Å²) in [7, 11) is 0. The predicted octanol–water partition coefficient (Wildman–Crippen LogP) is 22.3. The van der Waals surface area contributed by atoms with Crippen LogP contribution in [0.4, 0.5) is 0 Å². The molecule has 15 nitrogen and oxygen atoms in total. The number of aromatic amines is 2. The van der Waals surface area contributed by atoms with Crippen LogP contribution in [0.5, 0.6) is 34.5 Å². The van der Waals surface area contributed by atoms with Crippen molar-refractivity contribution in [2.75, 3.05) is 39.6 Å². The molecule has 0 spiro atoms. The first-order valence-corrected chi connectivity index (χ1v) is 37.7. The van der Waals surface area contributed by atoms with E-state index in [1.807, 2.05) is 30.3 Å². The maximum atomic E-state index is 13.3. The summed E-state index contributed by atoms with van der Waals surface area (Å²) >= 11 is 0. The first kappa shape index (κ1) is 73.0. The van der Waals surface area contributed by atoms with Crippen molar-refractivity contribution in [2.45, 2.75) is 237 Å². The molecule has 0 amide bonds. The summed E-state index contributed by atoms with van der Waals surface area (Å²) < 4.78 is 41.9. The highest BCUT2D eigenvalue weighted by Crippen LogP contribution is 2.47. The van der Waals surface area contributed by atoms with Crippen LogP contribution in [0.3, 0.4) is 0 Å². The second-order valence-corrected chi connectivity index (χ2v) is 27.4. The minimum Gasteiger partial charge on any atom is -0.489 e. The van der Waals surface area contributed by atoms with Gasteiger partial charge in [-0.2, -0.15) is 0 Å². The molecule has 2 aliphatic rings. The summed E-state index contributed by atoms with van der Waals surface area (Å²) in [5.74, 6) is 7.68. The lowest BCUT2D eigenvalue weighted by Crippen LogP contribution is -2.14. The lowest BCUT2D eigenvalue weighted by Gasteiger charge is -2.21. The van der Waals surface area contributed by atoms with Gasteiger partial charge in [0.2, 0.25) is 0 Å². The number of hydrogen-bond acceptors (Lipinski definition) is 13. The van der Waals surface area contributed by atoms with Gasteiger partial charge in [0.1, 0.15) is 22.6 Å². The smallest absolute Gasteiger partial charge is 0.164 e. The third-order valence-electron chi connectivity index (χ3n) is 20.3. The highest BCUT2D eigenvalue weighted by atomic mass is 16.5. The molecule has 0 fully saturated rings. The second-order valence-electron chi connectivity index (χ2n) is 27.4. The number of aldehydes is 1. The average Bonchev–Trinajstić information content (AvgIpc) is 1.59. The van der Waals surface area contributed by atoms with E-state index in [-0.39, 0.29) is 0 Å². The number of unbranched alkanes of at least 4 members (excludes halogenated alkanes) is 6. The summed E-state index contributed by atoms with van der Waals surface area (Å²) in [4.78, 5) is 53.6. The van der Waals surface area contributed by atoms with Crippen LogP contribution in [0, 0.1) is 35.5 Å². The molecule has 15 heteroatoms. The van der Waals surface area contributed by atoms with Crippen LogP contribution < -0.4 is 28.4 Å². The van der Waals surface area contributed by atoms with E-state index in [1.54, 1.807) is 0 Å². The Labute approximate surface area is 573 Å². The maximum absolute atomic E-state index is 13.3. The minimum atomic E-state index is 0.363. The Bertz CT molecular complexity index is 3800. The van der Waals surface area contributed by atoms with Gasteiger partial charge in [-0.25, -0.2) is 29.9 Å². The molecule has 0 aliphatic carbocycles. The molecule has 4 aromatic carbocycles. The molecule has 0 saturated heterocycles. The van der Waals surface area contributed by atoms with Gasteiger partial charge in [0.05, 0.1) is 39.6 Å². The zero-order chi connectivity index (χ0) is 67.9. The average molecular weight is 1310 g/mol. The Morgan fingerprint density at radius 2 is 0.604 bits per heavy atom. The maximum Gasteiger partial charge on any atom is 0.164 e. The number of carbonyl (C=O) groups excluding carboxylic acids is 1. The van der Waals surface area contributed by atoms with Gasteiger partial charge in [-0.3, -0.25) is 4.79 Å². The first-order valence-electron chi connectivity index (χ1n) is 37.7. The zero-order valence-corrected chi connectivity index (χ0v) is 60.5. The molecule has 96 heavy (non-hydrogen) atoms. The number of H-pyrrole nitrogens is 2. The molecule has 6 atom stereocenters. The van der Waals surface area contributed by atoms with Crippen molar-refractivity contribution in [3.8, 4) is 80.0 Å². The molecule has 6 unspecified atom stereocenters. The van der Waals surface area contributed by atoms with Crippen molar-refractivity contribution < 1.29 is 33.2 Å². The molecule has 3 aromatic heterocycles. The molecule has 2 N–H and O–H groups in total. The Morgan fingerprint density at radius 1 is 0.333 bits per heavy atom. The molecule has 9 rings (SSSR count). The fourth-order valence-electron chi connectivity index (χ4n) is 13.3. The van der Waals surface area contributed by atoms with Gasteiger partial charge >= 0.3 is 0 Å². The van der Waals surface area contributed by atoms with E-state index in [1.165, 1.54) is 0 Å². The first-order chi connectivity index (χ1) is 47.0. The van der Waals surface area contributed by atoms with Crippen molar-refractivity contribution in [1.29, 1.82) is 0 Å². The summed E-state index contributed by atoms with van der Waals surface area (Å²) in [6.07, 6.45) is 26.8. The number of aromatic nitrogens is 8. The van der Waals surface area contributed by atoms with Crippen molar-refractivity contribution in [3.05, 3.63) is 60.2 Å². The Hall–Kier alpha value is -7.29. The van der Waals surface area contributed by atoms with Gasteiger partial charge < -0.3 is 38.4 Å². The lowest BCUT2D eigenvalue weighted by molar-refractivity contribution is 0.112. The lowest BCUT2D eigenvalue weighted by atomic mass is 10.00. The van der Waals surface area contributed by atoms with E-state index in [9.17, 15) is 4.79 Å². The van der Waals surface area contributed by atoms with E-state index in [0.29, 0.717) is 172 Å². The van der Waals surface area contributed by atoms with Crippen molar-refractivity contribution in [2.24, 2.45) is 35.5 Å². The fraction of sp³-hybridized carbons (Fsp3) is 0.593. The molecule has 0 saturated carbocycles. The molecular formula is C81H114N8O7. The Morgan fingerprint density at radius 3 is 0.896 bits per heavy atom. The number of hydrogen-bond donors (Lipinski definition) is 2. The molecule has 5 heterocycles. The Kier molecular flexibility index (Phi) is 28.0. The van der Waals surface area contributed by atoms with Crippen LogP contribution in [-0.4, -0.2) is 85.8 Å². The van der Waals surface area contributed by atoms with E-state index in [2.05, 4.69) is 117 Å². The largest absolute Gasteiger partial charge is 0.489 e. The summed E-state index contributed by atoms with van der Waals surface area (Å²) in [5.41, 5.74) is 5.30. The van der Waals surface area contributed by atoms with Crippen LogP contribution in [0.2, 0.25) is 0 Å². The van der Waals surface area contributed by atoms with Crippen molar-refractivity contribution in [3.63, 3.8) is 0 Å². The van der Waals surface area contributed by atoms with E-state index < -0.39 is 0 Å². The van der Waals surface area contributed by atoms with Gasteiger partial charge in [0.25, 0.3) is 0 Å². The third-order valence-corrected chi connectivity index (χ3v) is 20.3. The molecule has 520 valence electrons. The third kappa shape index (κ3) is 18.3. The minimum absolute atomic E-state index is 0.363. The number of ether oxygens (including phenoxy) is 6. The second kappa shape index (κ2) is 36.9. The SMILES string of the molecule is CCCCC(CC)COc1cc2c(cc1OCC(CC)CCCC)-c1nc-2nc2nc(nc3[nH]c(nc4[nH]c(n1)c1cc(OCC(CC)CCCC)c(OCC(CC)CCCC)cc41)c1c(C=O)cccc31)-c1cc(OCC(CC)CCCC)c(OCC(CC)CCCC)cc1-2. The highest BCUT2D eigenvalue weighted by Gasteiger charge is 2.30. The number of carbonyl (C=O) groups is 1. The summed E-state index contributed by atoms with van der Waals surface area (Å²) in [6.45, 7) is 30.2. The standard InChI is InChI=1S/C81H114N8O7/c1-13-25-32-53(19-7)47-91-67-40-61-62(41-68(67)92-48-54(20-8)33-26-14-2)76-83-75(61)82-74-60-39-31-38-59(46-90)73(60)81(88-74)89-80-66-45-72(96-52-58(24-12)37-30-18-6)71(95-51-57(23-11)36-29-17-5)44-65(66)79(87-80)86-78-64-43-70(94-50-56(22-10)35-28-16-4)69(42-63(64)77(84-76)85-78)93-49-55(21-9)34-27-15-3/h31,38-46,53-58H,13-30,32-37,47-52H2,1-12H3,(H2,82,83,84,85,86,87,88,89). The van der Waals surface area contributed by atoms with Crippen molar-refractivity contribution >= 4 is 50.4 Å². The molecule has 7 aromatic rings. The number of rotatable bonds is 43. The monoisotopic (exact) mass is 1310 g/mol. The van der Waals surface area contributed by atoms with E-state index >= 15 is 0 Å². The van der Waals surface area contributed by atoms with E-state index in [4.69, 9.17) is 58.3 Å². The van der Waals surface area contributed by atoms with Crippen molar-refractivity contribution in [1.82, 2.24) is 39.9 Å². The van der Waals surface area contributed by atoms with Crippen LogP contribution in [-0.2, 0) is 0 Å². The van der Waals surface area contributed by atoms with Gasteiger partial charge in [-0.05, 0) is 110 Å². The predicted molar refractivity (Wildman–Crippen MR) is 394 cm³/mol. The van der Waals surface area contributed by atoms with Crippen LogP contribution in [0.15, 0.2) is 54.6 Å². The summed E-state index contributed by atoms with van der Waals surface area (Å²) in [6, 6.07) is 18.0. The quantitative estimate of drug-likeness (QED) is 0.0345. The van der Waals surface area contributed by atoms with Gasteiger partial charge in [-0.15, -0.1) is 0 Å². The van der Waals surface area contributed by atoms with Gasteiger partial charge in [-0.1, -0.05) is 217 Å². The van der Waals surface area contributed by atoms with Crippen LogP contribution in [0.25, 0.3) is 89.7 Å². The molecular weight excluding hydrogens is 1200 g/mol. The van der Waals surface area contributed by atoms with Gasteiger partial charge in [0.15, 0.2) is 64.1 Å². The number of nitrogens with one attached hydrogen (secondary N) is 2. The highest BCUT2D eigenvalue weighted by molar-refractivity contribution is 6.13. The molecule has 8 bridgehead atoms. The molecule has 0 radical (unpaired) electrons. The zero-order valence-electron chi connectivity index (χ0n) is 60.5. The van der Waals surface area contributed by atoms with Crippen LogP contribution >= 0.6 is 0 Å². The van der Waals surface area contributed by atoms with E-state index in [0.717, 1.165) is 193 Å². The number of nitrogens with zero attached hydrogens (tertiary/aromatic N) is 6. The Balaban J connectivity index is 1.37. The normalized spacial score (nSPS) is 13.8. The topological polar surface area (TPSA) is 181 Å². The van der Waals surface area contributed by atoms with Gasteiger partial charge in [0, 0.05) is 49.4 Å².